The summed E-state index contributed by atoms with van der Waals surface area (Å²) in [6.45, 7) is 4.67. The van der Waals surface area contributed by atoms with E-state index in [1.54, 1.807) is 0 Å². The molecule has 12 heterocycles. The lowest BCUT2D eigenvalue weighted by atomic mass is 9.82. The highest BCUT2D eigenvalue weighted by Crippen LogP contribution is 2.53. The lowest BCUT2D eigenvalue weighted by Crippen LogP contribution is -2.15. The van der Waals surface area contributed by atoms with Crippen LogP contribution >= 0.6 is 0 Å². The third-order valence-corrected chi connectivity index (χ3v) is 30.6. The van der Waals surface area contributed by atoms with Crippen LogP contribution < -0.4 is 0 Å². The quantitative estimate of drug-likeness (QED) is 0.157. The van der Waals surface area contributed by atoms with Crippen molar-refractivity contribution in [3.05, 3.63) is 448 Å². The van der Waals surface area contributed by atoms with Crippen LogP contribution in [0.2, 0.25) is 0 Å². The normalized spacial score (nSPS) is 12.8. The van der Waals surface area contributed by atoms with Gasteiger partial charge in [0.2, 0.25) is 17.8 Å². The van der Waals surface area contributed by atoms with Gasteiger partial charge in [0.05, 0.1) is 116 Å². The van der Waals surface area contributed by atoms with Crippen molar-refractivity contribution >= 4 is 212 Å². The van der Waals surface area contributed by atoms with Gasteiger partial charge in [-0.2, -0.15) is 0 Å². The number of hydrogen-bond acceptors (Lipinski definition) is 6. The second kappa shape index (κ2) is 29.1. The molecule has 0 atom stereocenters. The van der Waals surface area contributed by atoms with Gasteiger partial charge in [0, 0.05) is 119 Å². The third kappa shape index (κ3) is 10.8. The van der Waals surface area contributed by atoms with E-state index < -0.39 is 0 Å². The molecule has 0 aliphatic heterocycles. The average Bonchev–Trinajstić information content (AvgIpc) is 1.53. The van der Waals surface area contributed by atoms with Crippen molar-refractivity contribution in [3.63, 3.8) is 0 Å². The molecular weight excluding hydrogens is 1720 g/mol. The Labute approximate surface area is 804 Å². The molecule has 0 saturated carbocycles. The lowest BCUT2D eigenvalue weighted by molar-refractivity contribution is 0.660. The Bertz CT molecular complexity index is 11000. The van der Waals surface area contributed by atoms with Crippen molar-refractivity contribution in [1.82, 2.24) is 56.8 Å². The number of nitrogens with zero attached hydrogens (tertiary/aromatic N) is 12. The van der Waals surface area contributed by atoms with Crippen LogP contribution in [0.5, 0.6) is 0 Å². The van der Waals surface area contributed by atoms with E-state index in [0.717, 1.165) is 99.6 Å². The number of para-hydroxylation sites is 9. The van der Waals surface area contributed by atoms with Gasteiger partial charge in [-0.25, -0.2) is 29.9 Å². The molecule has 0 N–H and O–H groups in total. The first-order valence-electron chi connectivity index (χ1n) is 48.3. The summed E-state index contributed by atoms with van der Waals surface area (Å²) in [6.07, 6.45) is 0. The molecule has 1 aliphatic rings. The van der Waals surface area contributed by atoms with Crippen LogP contribution in [0, 0.1) is 0 Å². The Morgan fingerprint density at radius 2 is 0.426 bits per heavy atom. The van der Waals surface area contributed by atoms with Gasteiger partial charge in [-0.05, 0) is 147 Å². The van der Waals surface area contributed by atoms with Gasteiger partial charge < -0.3 is 13.2 Å². The summed E-state index contributed by atoms with van der Waals surface area (Å²) in [6, 6.07) is 157. The predicted molar refractivity (Wildman–Crippen MR) is 585 cm³/mol. The summed E-state index contributed by atoms with van der Waals surface area (Å²) in [5.74, 6) is 2.03. The first kappa shape index (κ1) is 77.5. The molecule has 0 amide bonds. The molecule has 20 aromatic carbocycles. The number of rotatable bonds is 7. The maximum atomic E-state index is 5.51. The van der Waals surface area contributed by atoms with Crippen molar-refractivity contribution in [2.75, 3.05) is 0 Å². The van der Waals surface area contributed by atoms with Gasteiger partial charge in [0.25, 0.3) is 0 Å². The smallest absolute Gasteiger partial charge is 0.235 e. The topological polar surface area (TPSA) is 105 Å². The fourth-order valence-electron chi connectivity index (χ4n) is 24.7. The molecule has 12 aromatic heterocycles. The van der Waals surface area contributed by atoms with E-state index in [9.17, 15) is 0 Å². The van der Waals surface area contributed by atoms with Gasteiger partial charge in [-0.15, -0.1) is 0 Å². The summed E-state index contributed by atoms with van der Waals surface area (Å²) in [5.41, 5.74) is 34.0. The summed E-state index contributed by atoms with van der Waals surface area (Å²) >= 11 is 0. The monoisotopic (exact) mass is 1790 g/mol. The van der Waals surface area contributed by atoms with E-state index in [2.05, 4.69) is 465 Å². The Morgan fingerprint density at radius 1 is 0.170 bits per heavy atom. The fourth-order valence-corrected chi connectivity index (χ4v) is 24.7. The zero-order chi connectivity index (χ0) is 92.3. The lowest BCUT2D eigenvalue weighted by Gasteiger charge is -2.22. The maximum Gasteiger partial charge on any atom is 0.235 e. The second-order valence-electron chi connectivity index (χ2n) is 38.2. The van der Waals surface area contributed by atoms with E-state index in [1.165, 1.54) is 180 Å². The molecule has 33 rings (SSSR count). The Kier molecular flexibility index (Phi) is 16.0. The molecule has 12 nitrogen and oxygen atoms in total. The molecule has 0 bridgehead atoms. The molecule has 654 valence electrons. The summed E-state index contributed by atoms with van der Waals surface area (Å²) < 4.78 is 14.2. The van der Waals surface area contributed by atoms with Gasteiger partial charge in [0.1, 0.15) is 0 Å². The first-order chi connectivity index (χ1) is 69.8. The third-order valence-electron chi connectivity index (χ3n) is 30.6. The average molecular weight is 1800 g/mol. The summed E-state index contributed by atoms with van der Waals surface area (Å²) in [5, 5.41) is 25.5. The highest BCUT2D eigenvalue weighted by atomic mass is 15.2. The van der Waals surface area contributed by atoms with Gasteiger partial charge in [0.15, 0.2) is 0 Å². The minimum absolute atomic E-state index is 0.106. The fraction of sp³-hybridized carbons (Fsp3) is 0.0233. The van der Waals surface area contributed by atoms with Crippen LogP contribution in [0.25, 0.3) is 286 Å². The van der Waals surface area contributed by atoms with Gasteiger partial charge >= 0.3 is 0 Å². The molecule has 0 saturated heterocycles. The van der Waals surface area contributed by atoms with E-state index >= 15 is 0 Å². The van der Waals surface area contributed by atoms with Crippen LogP contribution in [0.3, 0.4) is 0 Å². The largest absolute Gasteiger partial charge is 0.308 e. The van der Waals surface area contributed by atoms with Crippen molar-refractivity contribution in [3.8, 4) is 73.9 Å². The summed E-state index contributed by atoms with van der Waals surface area (Å²) in [7, 11) is 0. The van der Waals surface area contributed by atoms with Crippen molar-refractivity contribution in [1.29, 1.82) is 0 Å². The number of aromatic nitrogens is 12. The highest BCUT2D eigenvalue weighted by Gasteiger charge is 2.37. The molecule has 0 unspecified atom stereocenters. The molecule has 12 heteroatoms. The molecule has 0 spiro atoms. The maximum absolute atomic E-state index is 5.51. The van der Waals surface area contributed by atoms with Crippen molar-refractivity contribution in [2.24, 2.45) is 0 Å². The van der Waals surface area contributed by atoms with Crippen molar-refractivity contribution in [2.45, 2.75) is 19.3 Å². The van der Waals surface area contributed by atoms with Crippen molar-refractivity contribution < 1.29 is 0 Å². The molecule has 0 fully saturated rings. The predicted octanol–water partition coefficient (Wildman–Crippen LogP) is 32.6. The van der Waals surface area contributed by atoms with E-state index in [-0.39, 0.29) is 5.41 Å². The van der Waals surface area contributed by atoms with Gasteiger partial charge in [-0.3, -0.25) is 13.7 Å². The molecular formula is C129H78N12. The van der Waals surface area contributed by atoms with E-state index in [1.807, 2.05) is 12.1 Å². The highest BCUT2D eigenvalue weighted by molar-refractivity contribution is 6.35. The minimum Gasteiger partial charge on any atom is -0.308 e. The number of hydrogen-bond donors (Lipinski definition) is 0. The Morgan fingerprint density at radius 3 is 0.830 bits per heavy atom. The molecule has 0 radical (unpaired) electrons. The van der Waals surface area contributed by atoms with Crippen LogP contribution in [0.1, 0.15) is 25.0 Å². The SMILES string of the molecule is CC1(C)c2ccccc2-c2ccc(-c3nc(-n4c5cccc6c7cccc8c9ccccc9n(c9cccc4c9c65)c78)nc4ccccc34)cc21.c1ccc(-c2ccc(-c3nc(-n4c5cccc6c7cccc8c9ccccc9n(c9cccc4c9c65)c78)nc4ccccc34)cc2)cc1.c1ccc(-c2nc(-n3c4cccc5c6cccc7c8ccccc8n(c8cccc3c8c54)c67)nc3ccccc23)cc1. The zero-order valence-electron chi connectivity index (χ0n) is 76.4. The van der Waals surface area contributed by atoms with Gasteiger partial charge in [-0.1, -0.05) is 354 Å². The standard InChI is InChI=1S/C47H30N4.C44H26N4.C38H22N4/c1-47(2)35-18-6-3-12-28(35)29-25-24-27(26-36(29)47)44-34-14-4-7-19-37(34)48-46(49-44)51-39-21-10-15-31-33-17-9-16-32-30-13-5-8-20-38(30)50(45(32)33)40-22-11-23-41(51)43(40)42(31)39;1-2-11-27(12-3-1)28-23-25-29(26-24-28)42-34-14-4-6-18-35(34)45-44(46-42)48-37-20-9-15-31-33-17-8-16-32-30-13-5-7-19-36(30)47(43(32)33)38-21-10-22-39(48)41(38)40(31)37;1-2-11-23(12-3-1)36-28-14-4-6-18-29(28)39-38(40-36)42-31-20-9-15-25-27-17-8-16-26-24-13-5-7-19-30(24)41(37(26)27)32-21-10-22-33(42)35(32)34(25)31/h3-26H,1-2H3;1-26H;1-22H. The number of fused-ring (bicyclic) bond motifs is 21. The first-order valence-corrected chi connectivity index (χ1v) is 48.3. The molecule has 32 aromatic rings. The molecule has 1 aliphatic carbocycles. The van der Waals surface area contributed by atoms with Crippen LogP contribution in [-0.4, -0.2) is 56.8 Å². The minimum atomic E-state index is -0.106. The van der Waals surface area contributed by atoms with E-state index in [4.69, 9.17) is 29.9 Å². The summed E-state index contributed by atoms with van der Waals surface area (Å²) in [4.78, 5) is 31.9. The van der Waals surface area contributed by atoms with Crippen LogP contribution in [0.4, 0.5) is 0 Å². The molecule has 141 heavy (non-hydrogen) atoms. The van der Waals surface area contributed by atoms with E-state index in [0.29, 0.717) is 17.8 Å². The second-order valence-corrected chi connectivity index (χ2v) is 38.2. The Balaban J connectivity index is 0.0000000977. The Hall–Kier alpha value is -18.8. The zero-order valence-corrected chi connectivity index (χ0v) is 76.4. The van der Waals surface area contributed by atoms with Crippen LogP contribution in [-0.2, 0) is 5.41 Å². The number of benzene rings is 20. The van der Waals surface area contributed by atoms with Crippen LogP contribution in [0.15, 0.2) is 437 Å².